The van der Waals surface area contributed by atoms with Gasteiger partial charge in [-0.3, -0.25) is 9.69 Å². The molecule has 2 N–H and O–H groups in total. The van der Waals surface area contributed by atoms with Crippen molar-refractivity contribution in [3.8, 4) is 0 Å². The van der Waals surface area contributed by atoms with Gasteiger partial charge < -0.3 is 10.4 Å². The van der Waals surface area contributed by atoms with Gasteiger partial charge in [-0.05, 0) is 51.0 Å². The van der Waals surface area contributed by atoms with Gasteiger partial charge in [0.2, 0.25) is 0 Å². The van der Waals surface area contributed by atoms with E-state index < -0.39 is 5.97 Å². The average Bonchev–Trinajstić information content (AvgIpc) is 3.22. The van der Waals surface area contributed by atoms with Gasteiger partial charge in [0.15, 0.2) is 0 Å². The van der Waals surface area contributed by atoms with Crippen molar-refractivity contribution in [3.05, 3.63) is 0 Å². The molecule has 0 spiro atoms. The third-order valence-corrected chi connectivity index (χ3v) is 5.09. The topological polar surface area (TPSA) is 52.6 Å². The first kappa shape index (κ1) is 13.4. The Bertz CT molecular complexity index is 328. The number of aliphatic carboxylic acids is 1. The van der Waals surface area contributed by atoms with Crippen LogP contribution in [0.1, 0.15) is 51.4 Å². The van der Waals surface area contributed by atoms with Crippen molar-refractivity contribution < 1.29 is 9.90 Å². The molecule has 1 saturated heterocycles. The minimum absolute atomic E-state index is 0.367. The Morgan fingerprint density at radius 3 is 2.63 bits per heavy atom. The van der Waals surface area contributed by atoms with Crippen molar-refractivity contribution in [1.82, 2.24) is 10.2 Å². The summed E-state index contributed by atoms with van der Waals surface area (Å²) in [5, 5.41) is 12.7. The normalized spacial score (nSPS) is 33.7. The van der Waals surface area contributed by atoms with Crippen LogP contribution in [0.25, 0.3) is 0 Å². The van der Waals surface area contributed by atoms with Gasteiger partial charge in [0, 0.05) is 18.6 Å². The van der Waals surface area contributed by atoms with Crippen LogP contribution in [0.5, 0.6) is 0 Å². The minimum Gasteiger partial charge on any atom is -0.480 e. The second kappa shape index (κ2) is 5.80. The van der Waals surface area contributed by atoms with E-state index in [4.69, 9.17) is 0 Å². The molecule has 0 aromatic rings. The molecule has 0 aromatic heterocycles. The van der Waals surface area contributed by atoms with E-state index in [1.807, 2.05) is 0 Å². The minimum atomic E-state index is -0.676. The van der Waals surface area contributed by atoms with Crippen molar-refractivity contribution in [3.63, 3.8) is 0 Å². The summed E-state index contributed by atoms with van der Waals surface area (Å²) in [6.45, 7) is 1.80. The first-order valence-electron chi connectivity index (χ1n) is 7.97. The predicted molar refractivity (Wildman–Crippen MR) is 74.1 cm³/mol. The van der Waals surface area contributed by atoms with Crippen molar-refractivity contribution in [2.75, 3.05) is 13.1 Å². The van der Waals surface area contributed by atoms with Crippen LogP contribution in [0, 0.1) is 5.92 Å². The summed E-state index contributed by atoms with van der Waals surface area (Å²) in [6.07, 6.45) is 10.2. The van der Waals surface area contributed by atoms with Crippen LogP contribution in [0.2, 0.25) is 0 Å². The lowest BCUT2D eigenvalue weighted by molar-refractivity contribution is -0.140. The molecule has 3 aliphatic rings. The SMILES string of the molecule is O=C(O)C(CN1CCCC2CCCCC21)NC1CC1. The molecule has 3 rings (SSSR count). The molecule has 2 saturated carbocycles. The summed E-state index contributed by atoms with van der Waals surface area (Å²) < 4.78 is 0. The quantitative estimate of drug-likeness (QED) is 0.797. The van der Waals surface area contributed by atoms with Crippen LogP contribution in [0.3, 0.4) is 0 Å². The summed E-state index contributed by atoms with van der Waals surface area (Å²) in [7, 11) is 0. The predicted octanol–water partition coefficient (Wildman–Crippen LogP) is 1.85. The Kier molecular flexibility index (Phi) is 4.08. The standard InChI is InChI=1S/C15H26N2O2/c18-15(19)13(16-12-7-8-12)10-17-9-3-5-11-4-1-2-6-14(11)17/h11-14,16H,1-10H2,(H,18,19). The van der Waals surface area contributed by atoms with Gasteiger partial charge in [0.1, 0.15) is 6.04 Å². The van der Waals surface area contributed by atoms with E-state index in [0.29, 0.717) is 18.6 Å². The highest BCUT2D eigenvalue weighted by Crippen LogP contribution is 2.35. The van der Waals surface area contributed by atoms with Crippen molar-refractivity contribution >= 4 is 5.97 Å². The molecule has 1 aliphatic heterocycles. The van der Waals surface area contributed by atoms with Gasteiger partial charge >= 0.3 is 5.97 Å². The van der Waals surface area contributed by atoms with Crippen LogP contribution >= 0.6 is 0 Å². The highest BCUT2D eigenvalue weighted by atomic mass is 16.4. The largest absolute Gasteiger partial charge is 0.480 e. The Hall–Kier alpha value is -0.610. The third-order valence-electron chi connectivity index (χ3n) is 5.09. The molecule has 3 unspecified atom stereocenters. The van der Waals surface area contributed by atoms with E-state index in [2.05, 4.69) is 10.2 Å². The maximum absolute atomic E-state index is 11.4. The number of rotatable bonds is 5. The van der Waals surface area contributed by atoms with Crippen LogP contribution in [-0.4, -0.2) is 47.2 Å². The smallest absolute Gasteiger partial charge is 0.322 e. The number of fused-ring (bicyclic) bond motifs is 1. The molecule has 0 aromatic carbocycles. The van der Waals surface area contributed by atoms with Gasteiger partial charge in [-0.15, -0.1) is 0 Å². The summed E-state index contributed by atoms with van der Waals surface area (Å²) in [4.78, 5) is 13.9. The van der Waals surface area contributed by atoms with E-state index in [-0.39, 0.29) is 6.04 Å². The Balaban J connectivity index is 1.60. The summed E-state index contributed by atoms with van der Waals surface area (Å²) >= 11 is 0. The first-order chi connectivity index (χ1) is 9.24. The lowest BCUT2D eigenvalue weighted by atomic mass is 9.78. The molecule has 3 atom stereocenters. The molecule has 2 aliphatic carbocycles. The average molecular weight is 266 g/mol. The first-order valence-corrected chi connectivity index (χ1v) is 7.97. The van der Waals surface area contributed by atoms with E-state index in [0.717, 1.165) is 25.3 Å². The van der Waals surface area contributed by atoms with E-state index in [1.54, 1.807) is 0 Å². The van der Waals surface area contributed by atoms with Crippen molar-refractivity contribution in [2.24, 2.45) is 5.92 Å². The summed E-state index contributed by atoms with van der Waals surface area (Å²) in [5.74, 6) is 0.155. The zero-order chi connectivity index (χ0) is 13.2. The second-order valence-corrected chi connectivity index (χ2v) is 6.58. The third kappa shape index (κ3) is 3.29. The van der Waals surface area contributed by atoms with E-state index in [1.165, 1.54) is 38.5 Å². The molecule has 19 heavy (non-hydrogen) atoms. The molecule has 0 bridgehead atoms. The van der Waals surface area contributed by atoms with Gasteiger partial charge in [0.05, 0.1) is 0 Å². The zero-order valence-corrected chi connectivity index (χ0v) is 11.7. The summed E-state index contributed by atoms with van der Waals surface area (Å²) in [6, 6.07) is 0.756. The molecular formula is C15H26N2O2. The maximum Gasteiger partial charge on any atom is 0.322 e. The zero-order valence-electron chi connectivity index (χ0n) is 11.7. The number of carboxylic acid groups (broad SMARTS) is 1. The fraction of sp³-hybridized carbons (Fsp3) is 0.933. The van der Waals surface area contributed by atoms with Gasteiger partial charge in [0.25, 0.3) is 0 Å². The molecule has 3 fully saturated rings. The van der Waals surface area contributed by atoms with Crippen LogP contribution < -0.4 is 5.32 Å². The Morgan fingerprint density at radius 2 is 1.89 bits per heavy atom. The molecule has 0 radical (unpaired) electrons. The monoisotopic (exact) mass is 266 g/mol. The summed E-state index contributed by atoms with van der Waals surface area (Å²) in [5.41, 5.74) is 0. The van der Waals surface area contributed by atoms with Crippen molar-refractivity contribution in [1.29, 1.82) is 0 Å². The Labute approximate surface area is 115 Å². The fourth-order valence-corrected chi connectivity index (χ4v) is 3.93. The van der Waals surface area contributed by atoms with E-state index >= 15 is 0 Å². The van der Waals surface area contributed by atoms with Crippen LogP contribution in [0.4, 0.5) is 0 Å². The van der Waals surface area contributed by atoms with Gasteiger partial charge in [-0.25, -0.2) is 0 Å². The molecule has 1 heterocycles. The lowest BCUT2D eigenvalue weighted by Gasteiger charge is -2.45. The molecule has 4 heteroatoms. The van der Waals surface area contributed by atoms with E-state index in [9.17, 15) is 9.90 Å². The molecule has 4 nitrogen and oxygen atoms in total. The molecule has 0 amide bonds. The van der Waals surface area contributed by atoms with Crippen molar-refractivity contribution in [2.45, 2.75) is 69.5 Å². The molecule has 108 valence electrons. The number of hydrogen-bond acceptors (Lipinski definition) is 3. The molecular weight excluding hydrogens is 240 g/mol. The number of carboxylic acids is 1. The maximum atomic E-state index is 11.4. The number of piperidine rings is 1. The number of nitrogens with one attached hydrogen (secondary N) is 1. The highest BCUT2D eigenvalue weighted by molar-refractivity contribution is 5.73. The Morgan fingerprint density at radius 1 is 1.16 bits per heavy atom. The highest BCUT2D eigenvalue weighted by Gasteiger charge is 2.36. The lowest BCUT2D eigenvalue weighted by Crippen LogP contribution is -2.54. The number of carbonyl (C=O) groups is 1. The second-order valence-electron chi connectivity index (χ2n) is 6.58. The number of hydrogen-bond donors (Lipinski definition) is 2. The number of likely N-dealkylation sites (tertiary alicyclic amines) is 1. The van der Waals surface area contributed by atoms with Crippen LogP contribution in [0.15, 0.2) is 0 Å². The van der Waals surface area contributed by atoms with Gasteiger partial charge in [-0.2, -0.15) is 0 Å². The number of nitrogens with zero attached hydrogens (tertiary/aromatic N) is 1. The van der Waals surface area contributed by atoms with Gasteiger partial charge in [-0.1, -0.05) is 12.8 Å². The van der Waals surface area contributed by atoms with Crippen LogP contribution in [-0.2, 0) is 4.79 Å². The fourth-order valence-electron chi connectivity index (χ4n) is 3.93.